The van der Waals surface area contributed by atoms with E-state index in [-0.39, 0.29) is 12.6 Å². The van der Waals surface area contributed by atoms with Crippen molar-refractivity contribution in [3.8, 4) is 6.07 Å². The van der Waals surface area contributed by atoms with Gasteiger partial charge in [-0.3, -0.25) is 5.32 Å². The highest BCUT2D eigenvalue weighted by atomic mass is 16.3. The Hall–Kier alpha value is -0.590. The third-order valence-electron chi connectivity index (χ3n) is 2.55. The molecule has 0 aromatic rings. The molecule has 0 heterocycles. The summed E-state index contributed by atoms with van der Waals surface area (Å²) in [5, 5.41) is 20.8. The number of aliphatic hydroxyl groups is 1. The molecule has 1 saturated carbocycles. The number of hydrogen-bond acceptors (Lipinski definition) is 3. The Kier molecular flexibility index (Phi) is 3.51. The molecular formula is C9H16N2O. The molecule has 1 fully saturated rings. The molecule has 68 valence electrons. The minimum atomic E-state index is -0.0952. The molecule has 1 rings (SSSR count). The van der Waals surface area contributed by atoms with E-state index in [1.165, 1.54) is 6.42 Å². The lowest BCUT2D eigenvalue weighted by Crippen LogP contribution is -2.39. The van der Waals surface area contributed by atoms with Gasteiger partial charge in [0.2, 0.25) is 0 Å². The molecule has 3 heteroatoms. The average Bonchev–Trinajstić information content (AvgIpc) is 2.51. The van der Waals surface area contributed by atoms with Crippen LogP contribution in [0.1, 0.15) is 26.2 Å². The number of nitrogens with one attached hydrogen (secondary N) is 1. The van der Waals surface area contributed by atoms with Gasteiger partial charge in [0.05, 0.1) is 12.1 Å². The molecule has 3 atom stereocenters. The first-order chi connectivity index (χ1) is 5.77. The summed E-state index contributed by atoms with van der Waals surface area (Å²) in [7, 11) is 0. The molecule has 3 unspecified atom stereocenters. The molecule has 0 aromatic carbocycles. The standard InChI is InChI=1S/C9H16N2O/c1-7(5-10)11-9-4-2-3-8(9)6-12/h7-9,11-12H,2-4,6H2,1H3. The van der Waals surface area contributed by atoms with Gasteiger partial charge in [-0.1, -0.05) is 6.42 Å². The molecule has 0 saturated heterocycles. The smallest absolute Gasteiger partial charge is 0.0926 e. The van der Waals surface area contributed by atoms with Gasteiger partial charge in [-0.15, -0.1) is 0 Å². The van der Waals surface area contributed by atoms with Crippen LogP contribution in [0.4, 0.5) is 0 Å². The van der Waals surface area contributed by atoms with Gasteiger partial charge in [-0.25, -0.2) is 0 Å². The number of aliphatic hydroxyl groups excluding tert-OH is 1. The van der Waals surface area contributed by atoms with Crippen LogP contribution in [-0.4, -0.2) is 23.8 Å². The number of nitriles is 1. The van der Waals surface area contributed by atoms with Gasteiger partial charge in [0.25, 0.3) is 0 Å². The zero-order chi connectivity index (χ0) is 8.97. The maximum absolute atomic E-state index is 9.00. The summed E-state index contributed by atoms with van der Waals surface area (Å²) >= 11 is 0. The summed E-state index contributed by atoms with van der Waals surface area (Å²) in [6, 6.07) is 2.40. The highest BCUT2D eigenvalue weighted by Gasteiger charge is 2.27. The highest BCUT2D eigenvalue weighted by Crippen LogP contribution is 2.25. The molecule has 0 bridgehead atoms. The van der Waals surface area contributed by atoms with E-state index in [1.807, 2.05) is 6.92 Å². The van der Waals surface area contributed by atoms with E-state index in [4.69, 9.17) is 10.4 Å². The van der Waals surface area contributed by atoms with Gasteiger partial charge >= 0.3 is 0 Å². The third-order valence-corrected chi connectivity index (χ3v) is 2.55. The number of nitrogens with zero attached hydrogens (tertiary/aromatic N) is 1. The molecule has 0 amide bonds. The fourth-order valence-corrected chi connectivity index (χ4v) is 1.83. The van der Waals surface area contributed by atoms with Crippen molar-refractivity contribution in [2.24, 2.45) is 5.92 Å². The lowest BCUT2D eigenvalue weighted by atomic mass is 10.0. The Balaban J connectivity index is 2.36. The minimum Gasteiger partial charge on any atom is -0.396 e. The Labute approximate surface area is 73.4 Å². The van der Waals surface area contributed by atoms with Crippen LogP contribution in [0.3, 0.4) is 0 Å². The summed E-state index contributed by atoms with van der Waals surface area (Å²) in [4.78, 5) is 0. The number of hydrogen-bond donors (Lipinski definition) is 2. The first kappa shape index (κ1) is 9.50. The Bertz CT molecular complexity index is 176. The van der Waals surface area contributed by atoms with Gasteiger partial charge in [-0.2, -0.15) is 5.26 Å². The number of rotatable bonds is 3. The van der Waals surface area contributed by atoms with Crippen LogP contribution in [-0.2, 0) is 0 Å². The monoisotopic (exact) mass is 168 g/mol. The van der Waals surface area contributed by atoms with Crippen molar-refractivity contribution in [2.75, 3.05) is 6.61 Å². The topological polar surface area (TPSA) is 56.0 Å². The molecule has 1 aliphatic rings. The first-order valence-electron chi connectivity index (χ1n) is 4.54. The van der Waals surface area contributed by atoms with Crippen LogP contribution in [0.5, 0.6) is 0 Å². The van der Waals surface area contributed by atoms with E-state index in [1.54, 1.807) is 0 Å². The summed E-state index contributed by atoms with van der Waals surface area (Å²) in [6.07, 6.45) is 3.35. The molecule has 0 aliphatic heterocycles. The van der Waals surface area contributed by atoms with Crippen molar-refractivity contribution in [3.05, 3.63) is 0 Å². The molecule has 0 spiro atoms. The Morgan fingerprint density at radius 1 is 1.67 bits per heavy atom. The van der Waals surface area contributed by atoms with E-state index >= 15 is 0 Å². The van der Waals surface area contributed by atoms with E-state index in [0.717, 1.165) is 12.8 Å². The predicted octanol–water partition coefficient (Wildman–Crippen LogP) is 0.649. The van der Waals surface area contributed by atoms with E-state index < -0.39 is 0 Å². The second-order valence-electron chi connectivity index (χ2n) is 3.50. The van der Waals surface area contributed by atoms with E-state index in [2.05, 4.69) is 11.4 Å². The summed E-state index contributed by atoms with van der Waals surface area (Å²) in [5.74, 6) is 0.362. The molecule has 0 radical (unpaired) electrons. The first-order valence-corrected chi connectivity index (χ1v) is 4.54. The minimum absolute atomic E-state index is 0.0952. The fraction of sp³-hybridized carbons (Fsp3) is 0.889. The van der Waals surface area contributed by atoms with Crippen LogP contribution in [0.15, 0.2) is 0 Å². The van der Waals surface area contributed by atoms with Crippen LogP contribution < -0.4 is 5.32 Å². The lowest BCUT2D eigenvalue weighted by molar-refractivity contribution is 0.203. The van der Waals surface area contributed by atoms with Crippen molar-refractivity contribution in [1.29, 1.82) is 5.26 Å². The van der Waals surface area contributed by atoms with Crippen molar-refractivity contribution in [2.45, 2.75) is 38.3 Å². The summed E-state index contributed by atoms with van der Waals surface area (Å²) in [6.45, 7) is 2.10. The predicted molar refractivity (Wildman–Crippen MR) is 46.4 cm³/mol. The van der Waals surface area contributed by atoms with Gasteiger partial charge in [0.15, 0.2) is 0 Å². The van der Waals surface area contributed by atoms with Crippen LogP contribution in [0.2, 0.25) is 0 Å². The zero-order valence-electron chi connectivity index (χ0n) is 7.45. The molecule has 0 aromatic heterocycles. The maximum atomic E-state index is 9.00. The largest absolute Gasteiger partial charge is 0.396 e. The molecular weight excluding hydrogens is 152 g/mol. The fourth-order valence-electron chi connectivity index (χ4n) is 1.83. The second-order valence-corrected chi connectivity index (χ2v) is 3.50. The van der Waals surface area contributed by atoms with Gasteiger partial charge in [0, 0.05) is 12.6 Å². The summed E-state index contributed by atoms with van der Waals surface area (Å²) in [5.41, 5.74) is 0. The highest BCUT2D eigenvalue weighted by molar-refractivity contribution is 4.92. The van der Waals surface area contributed by atoms with Gasteiger partial charge < -0.3 is 5.11 Å². The summed E-state index contributed by atoms with van der Waals surface area (Å²) < 4.78 is 0. The van der Waals surface area contributed by atoms with Crippen molar-refractivity contribution < 1.29 is 5.11 Å². The van der Waals surface area contributed by atoms with Crippen molar-refractivity contribution >= 4 is 0 Å². The zero-order valence-corrected chi connectivity index (χ0v) is 7.45. The molecule has 2 N–H and O–H groups in total. The van der Waals surface area contributed by atoms with Crippen molar-refractivity contribution in [1.82, 2.24) is 5.32 Å². The Morgan fingerprint density at radius 3 is 3.00 bits per heavy atom. The van der Waals surface area contributed by atoms with Gasteiger partial charge in [0.1, 0.15) is 0 Å². The Morgan fingerprint density at radius 2 is 2.42 bits per heavy atom. The maximum Gasteiger partial charge on any atom is 0.0926 e. The SMILES string of the molecule is CC(C#N)NC1CCCC1CO. The van der Waals surface area contributed by atoms with Crippen LogP contribution in [0.25, 0.3) is 0 Å². The molecule has 3 nitrogen and oxygen atoms in total. The third kappa shape index (κ3) is 2.20. The van der Waals surface area contributed by atoms with E-state index in [0.29, 0.717) is 12.0 Å². The van der Waals surface area contributed by atoms with E-state index in [9.17, 15) is 0 Å². The van der Waals surface area contributed by atoms with Crippen LogP contribution >= 0.6 is 0 Å². The second kappa shape index (κ2) is 4.44. The lowest BCUT2D eigenvalue weighted by Gasteiger charge is -2.20. The van der Waals surface area contributed by atoms with Crippen molar-refractivity contribution in [3.63, 3.8) is 0 Å². The normalized spacial score (nSPS) is 31.4. The quantitative estimate of drug-likeness (QED) is 0.650. The van der Waals surface area contributed by atoms with Gasteiger partial charge in [-0.05, 0) is 25.7 Å². The van der Waals surface area contributed by atoms with Crippen LogP contribution in [0, 0.1) is 17.2 Å². The average molecular weight is 168 g/mol. The molecule has 12 heavy (non-hydrogen) atoms. The molecule has 1 aliphatic carbocycles.